The second-order valence-electron chi connectivity index (χ2n) is 8.37. The summed E-state index contributed by atoms with van der Waals surface area (Å²) in [5.41, 5.74) is 2.86. The topological polar surface area (TPSA) is 125 Å². The number of likely N-dealkylation sites (N-methyl/N-ethyl adjacent to an activating group) is 1. The molecule has 204 valence electrons. The lowest BCUT2D eigenvalue weighted by atomic mass is 10.0. The molecule has 2 aromatic heterocycles. The standard InChI is InChI=1S/C25H24F2N6O4S2/c1-3-33(23-6-4-5-9-28-23)39(36,37)31-25(35)30-21(12-16-10-17(26)13-18(27)11-16)24(34)32(2)19-7-8-22-20(14-19)29-15-38-22/h4-11,13-15,21H,3,12H2,1-2H3,(H2,30,31,35)/t21-/m0/s1. The monoisotopic (exact) mass is 574 g/mol. The number of amides is 3. The van der Waals surface area contributed by atoms with Gasteiger partial charge in [-0.25, -0.2) is 32.6 Å². The fraction of sp³-hybridized carbons (Fsp3) is 0.200. The first-order valence-electron chi connectivity index (χ1n) is 11.6. The number of pyridine rings is 1. The summed E-state index contributed by atoms with van der Waals surface area (Å²) in [6.45, 7) is 1.52. The van der Waals surface area contributed by atoms with E-state index in [0.29, 0.717) is 17.3 Å². The summed E-state index contributed by atoms with van der Waals surface area (Å²) in [5, 5.41) is 2.35. The molecule has 39 heavy (non-hydrogen) atoms. The highest BCUT2D eigenvalue weighted by Gasteiger charge is 2.29. The molecule has 3 amide bonds. The van der Waals surface area contributed by atoms with Crippen molar-refractivity contribution >= 4 is 55.2 Å². The Bertz CT molecular complexity index is 1580. The normalized spacial score (nSPS) is 12.1. The van der Waals surface area contributed by atoms with Gasteiger partial charge in [0.25, 0.3) is 0 Å². The molecular formula is C25H24F2N6O4S2. The van der Waals surface area contributed by atoms with Crippen molar-refractivity contribution in [2.45, 2.75) is 19.4 Å². The number of rotatable bonds is 9. The minimum atomic E-state index is -4.42. The second-order valence-corrected chi connectivity index (χ2v) is 10.9. The van der Waals surface area contributed by atoms with E-state index >= 15 is 0 Å². The summed E-state index contributed by atoms with van der Waals surface area (Å²) in [7, 11) is -2.95. The van der Waals surface area contributed by atoms with Gasteiger partial charge < -0.3 is 10.2 Å². The molecular weight excluding hydrogens is 550 g/mol. The molecule has 0 saturated heterocycles. The number of urea groups is 1. The zero-order valence-electron chi connectivity index (χ0n) is 20.8. The molecule has 2 heterocycles. The molecule has 4 aromatic rings. The number of carbonyl (C=O) groups excluding carboxylic acids is 2. The van der Waals surface area contributed by atoms with Gasteiger partial charge >= 0.3 is 16.2 Å². The van der Waals surface area contributed by atoms with E-state index in [-0.39, 0.29) is 24.3 Å². The van der Waals surface area contributed by atoms with Crippen LogP contribution in [0.15, 0.2) is 66.3 Å². The number of benzene rings is 2. The molecule has 2 aromatic carbocycles. The Morgan fingerprint density at radius 1 is 1.05 bits per heavy atom. The van der Waals surface area contributed by atoms with Gasteiger partial charge in [0.05, 0.1) is 15.7 Å². The molecule has 0 aliphatic carbocycles. The highest BCUT2D eigenvalue weighted by Crippen LogP contribution is 2.24. The van der Waals surface area contributed by atoms with Gasteiger partial charge in [-0.3, -0.25) is 4.79 Å². The molecule has 0 aliphatic rings. The number of halogens is 2. The minimum Gasteiger partial charge on any atom is -0.325 e. The first-order valence-corrected chi connectivity index (χ1v) is 14.0. The van der Waals surface area contributed by atoms with Crippen molar-refractivity contribution in [2.24, 2.45) is 0 Å². The second kappa shape index (κ2) is 11.7. The Balaban J connectivity index is 1.58. The van der Waals surface area contributed by atoms with E-state index in [9.17, 15) is 26.8 Å². The van der Waals surface area contributed by atoms with E-state index in [1.807, 2.05) is 4.72 Å². The van der Waals surface area contributed by atoms with Gasteiger partial charge in [-0.15, -0.1) is 11.3 Å². The third kappa shape index (κ3) is 6.64. The van der Waals surface area contributed by atoms with E-state index in [4.69, 9.17) is 0 Å². The lowest BCUT2D eigenvalue weighted by Crippen LogP contribution is -2.54. The van der Waals surface area contributed by atoms with Crippen LogP contribution in [0.2, 0.25) is 0 Å². The Hall–Kier alpha value is -4.17. The molecule has 0 fully saturated rings. The summed E-state index contributed by atoms with van der Waals surface area (Å²) in [6, 6.07) is 9.95. The van der Waals surface area contributed by atoms with Crippen molar-refractivity contribution in [3.63, 3.8) is 0 Å². The van der Waals surface area contributed by atoms with Gasteiger partial charge in [0.1, 0.15) is 23.5 Å². The fourth-order valence-electron chi connectivity index (χ4n) is 3.90. The van der Waals surface area contributed by atoms with Gasteiger partial charge in [0.2, 0.25) is 5.91 Å². The first-order chi connectivity index (χ1) is 18.6. The van der Waals surface area contributed by atoms with E-state index in [1.165, 1.54) is 35.5 Å². The SMILES string of the molecule is CCN(c1ccccn1)S(=O)(=O)NC(=O)N[C@@H](Cc1cc(F)cc(F)c1)C(=O)N(C)c1ccc2scnc2c1. The molecule has 0 saturated carbocycles. The molecule has 0 radical (unpaired) electrons. The molecule has 0 bridgehead atoms. The van der Waals surface area contributed by atoms with Crippen molar-refractivity contribution in [1.82, 2.24) is 20.0 Å². The zero-order valence-corrected chi connectivity index (χ0v) is 22.5. The van der Waals surface area contributed by atoms with Gasteiger partial charge in [-0.05, 0) is 55.0 Å². The van der Waals surface area contributed by atoms with Gasteiger partial charge in [0, 0.05) is 38.0 Å². The van der Waals surface area contributed by atoms with Crippen molar-refractivity contribution in [1.29, 1.82) is 0 Å². The lowest BCUT2D eigenvalue weighted by Gasteiger charge is -2.26. The number of anilines is 2. The number of fused-ring (bicyclic) bond motifs is 1. The van der Waals surface area contributed by atoms with Crippen LogP contribution >= 0.6 is 11.3 Å². The molecule has 10 nitrogen and oxygen atoms in total. The van der Waals surface area contributed by atoms with Crippen molar-refractivity contribution in [3.8, 4) is 0 Å². The largest absolute Gasteiger partial charge is 0.330 e. The Morgan fingerprint density at radius 2 is 1.79 bits per heavy atom. The van der Waals surface area contributed by atoms with Crippen molar-refractivity contribution in [2.75, 3.05) is 22.8 Å². The van der Waals surface area contributed by atoms with Crippen LogP contribution in [0.1, 0.15) is 12.5 Å². The summed E-state index contributed by atoms with van der Waals surface area (Å²) < 4.78 is 57.3. The Kier molecular flexibility index (Phi) is 8.35. The summed E-state index contributed by atoms with van der Waals surface area (Å²) in [4.78, 5) is 35.9. The molecule has 0 unspecified atom stereocenters. The number of hydrogen-bond acceptors (Lipinski definition) is 7. The van der Waals surface area contributed by atoms with Crippen LogP contribution in [0.3, 0.4) is 0 Å². The first kappa shape index (κ1) is 27.9. The molecule has 0 aliphatic heterocycles. The fourth-order valence-corrected chi connectivity index (χ4v) is 5.65. The maximum Gasteiger partial charge on any atom is 0.330 e. The number of carbonyl (C=O) groups is 2. The van der Waals surface area contributed by atoms with Gasteiger partial charge in [-0.2, -0.15) is 8.42 Å². The summed E-state index contributed by atoms with van der Waals surface area (Å²) in [6.07, 6.45) is 1.08. The van der Waals surface area contributed by atoms with Crippen molar-refractivity contribution < 1.29 is 26.8 Å². The molecule has 2 N–H and O–H groups in total. The quantitative estimate of drug-likeness (QED) is 0.315. The van der Waals surface area contributed by atoms with Crippen LogP contribution in [0.4, 0.5) is 25.1 Å². The zero-order chi connectivity index (χ0) is 28.2. The molecule has 4 rings (SSSR count). The van der Waals surface area contributed by atoms with Crippen LogP contribution in [0.25, 0.3) is 10.2 Å². The molecule has 1 atom stereocenters. The van der Waals surface area contributed by atoms with E-state index in [0.717, 1.165) is 21.1 Å². The minimum absolute atomic E-state index is 0.0353. The summed E-state index contributed by atoms with van der Waals surface area (Å²) >= 11 is 1.43. The van der Waals surface area contributed by atoms with E-state index in [2.05, 4.69) is 15.3 Å². The van der Waals surface area contributed by atoms with Crippen molar-refractivity contribution in [3.05, 3.63) is 83.5 Å². The van der Waals surface area contributed by atoms with Gasteiger partial charge in [0.15, 0.2) is 0 Å². The van der Waals surface area contributed by atoms with Crippen LogP contribution in [-0.2, 0) is 21.4 Å². The molecule has 0 spiro atoms. The highest BCUT2D eigenvalue weighted by molar-refractivity contribution is 7.91. The third-order valence-electron chi connectivity index (χ3n) is 5.70. The van der Waals surface area contributed by atoms with Crippen LogP contribution in [0.5, 0.6) is 0 Å². The van der Waals surface area contributed by atoms with Crippen LogP contribution < -0.4 is 19.2 Å². The lowest BCUT2D eigenvalue weighted by molar-refractivity contribution is -0.120. The van der Waals surface area contributed by atoms with E-state index < -0.39 is 39.8 Å². The van der Waals surface area contributed by atoms with Gasteiger partial charge in [-0.1, -0.05) is 6.07 Å². The Morgan fingerprint density at radius 3 is 2.46 bits per heavy atom. The van der Waals surface area contributed by atoms with Crippen LogP contribution in [-0.4, -0.2) is 50.0 Å². The number of aromatic nitrogens is 2. The highest BCUT2D eigenvalue weighted by atomic mass is 32.2. The maximum atomic E-state index is 13.9. The number of hydrogen-bond donors (Lipinski definition) is 2. The maximum absolute atomic E-state index is 13.9. The third-order valence-corrected chi connectivity index (χ3v) is 7.98. The smallest absolute Gasteiger partial charge is 0.325 e. The Labute approximate surface area is 227 Å². The summed E-state index contributed by atoms with van der Waals surface area (Å²) in [5.74, 6) is -2.29. The number of thiazole rings is 1. The predicted octanol–water partition coefficient (Wildman–Crippen LogP) is 3.61. The molecule has 14 heteroatoms. The average molecular weight is 575 g/mol. The number of nitrogens with zero attached hydrogens (tertiary/aromatic N) is 4. The van der Waals surface area contributed by atoms with E-state index in [1.54, 1.807) is 42.8 Å². The number of nitrogens with one attached hydrogen (secondary N) is 2. The predicted molar refractivity (Wildman–Crippen MR) is 145 cm³/mol. The van der Waals surface area contributed by atoms with Crippen LogP contribution in [0, 0.1) is 11.6 Å². The average Bonchev–Trinajstić information content (AvgIpc) is 3.35.